The molecule has 0 aliphatic heterocycles. The first-order valence-corrected chi connectivity index (χ1v) is 22.6. The Kier molecular flexibility index (Phi) is 17.2. The van der Waals surface area contributed by atoms with Gasteiger partial charge in [-0.1, -0.05) is 181 Å². The second-order valence-electron chi connectivity index (χ2n) is 15.8. The lowest BCUT2D eigenvalue weighted by Crippen LogP contribution is -2.25. The largest absolute Gasteiger partial charge is 0.372 e. The van der Waals surface area contributed by atoms with E-state index in [1.807, 2.05) is 24.5 Å². The van der Waals surface area contributed by atoms with E-state index in [2.05, 4.69) is 194 Å². The first-order valence-electron chi connectivity index (χ1n) is 22.6. The zero-order valence-electron chi connectivity index (χ0n) is 36.6. The average Bonchev–Trinajstić information content (AvgIpc) is 3.31. The van der Waals surface area contributed by atoms with Gasteiger partial charge < -0.3 is 9.80 Å². The molecule has 0 unspecified atom stereocenters. The summed E-state index contributed by atoms with van der Waals surface area (Å²) < 4.78 is 0. The van der Waals surface area contributed by atoms with Gasteiger partial charge in [0.15, 0.2) is 0 Å². The minimum absolute atomic E-state index is 1.09. The van der Waals surface area contributed by atoms with Gasteiger partial charge in [-0.25, -0.2) is 0 Å². The lowest BCUT2D eigenvalue weighted by molar-refractivity contribution is 0.678. The lowest BCUT2D eigenvalue weighted by Gasteiger charge is -2.26. The number of rotatable bonds is 22. The standard InChI is InChI=1S/C57H65N3/c1-5-9-42-59(43-10-6-2)54-34-30-52(31-35-54)57(53-32-36-55(37-33-53)60(44-11-7-3)45-12-8-4)56(50-26-22-47(23-27-50)19-18-46-16-14-13-15-17-46)51-28-24-48(25-29-51)20-21-49-38-40-58-41-39-49/h13-41H,5-12,42-45H2,1-4H3/b19-18+,21-20+. The number of unbranched alkanes of at least 4 members (excludes halogenated alkanes) is 4. The summed E-state index contributed by atoms with van der Waals surface area (Å²) in [5.74, 6) is 0. The molecule has 60 heavy (non-hydrogen) atoms. The van der Waals surface area contributed by atoms with Crippen LogP contribution in [0.25, 0.3) is 35.5 Å². The highest BCUT2D eigenvalue weighted by Crippen LogP contribution is 2.39. The highest BCUT2D eigenvalue weighted by atomic mass is 15.1. The van der Waals surface area contributed by atoms with Gasteiger partial charge in [0.25, 0.3) is 0 Å². The van der Waals surface area contributed by atoms with Gasteiger partial charge >= 0.3 is 0 Å². The summed E-state index contributed by atoms with van der Waals surface area (Å²) in [5.41, 5.74) is 14.5. The number of pyridine rings is 1. The first-order chi connectivity index (χ1) is 29.6. The van der Waals surface area contributed by atoms with E-state index in [1.165, 1.54) is 107 Å². The van der Waals surface area contributed by atoms with Crippen molar-refractivity contribution in [3.05, 3.63) is 196 Å². The van der Waals surface area contributed by atoms with E-state index >= 15 is 0 Å². The quantitative estimate of drug-likeness (QED) is 0.0639. The van der Waals surface area contributed by atoms with E-state index in [9.17, 15) is 0 Å². The number of nitrogens with zero attached hydrogens (tertiary/aromatic N) is 3. The predicted octanol–water partition coefficient (Wildman–Crippen LogP) is 15.2. The lowest BCUT2D eigenvalue weighted by atomic mass is 9.85. The molecule has 0 N–H and O–H groups in total. The van der Waals surface area contributed by atoms with E-state index in [0.29, 0.717) is 0 Å². The van der Waals surface area contributed by atoms with Crippen LogP contribution in [0.4, 0.5) is 11.4 Å². The van der Waals surface area contributed by atoms with Crippen LogP contribution in [0.1, 0.15) is 124 Å². The molecule has 5 aromatic carbocycles. The second kappa shape index (κ2) is 23.6. The van der Waals surface area contributed by atoms with Crippen LogP contribution in [-0.2, 0) is 0 Å². The summed E-state index contributed by atoms with van der Waals surface area (Å²) >= 11 is 0. The molecule has 0 amide bonds. The van der Waals surface area contributed by atoms with Gasteiger partial charge in [0.2, 0.25) is 0 Å². The van der Waals surface area contributed by atoms with E-state index in [1.54, 1.807) is 0 Å². The van der Waals surface area contributed by atoms with Crippen LogP contribution in [0.15, 0.2) is 152 Å². The Labute approximate surface area is 361 Å². The maximum Gasteiger partial charge on any atom is 0.0366 e. The van der Waals surface area contributed by atoms with Crippen LogP contribution in [0.5, 0.6) is 0 Å². The monoisotopic (exact) mass is 792 g/mol. The van der Waals surface area contributed by atoms with E-state index in [0.717, 1.165) is 37.3 Å². The molecular weight excluding hydrogens is 727 g/mol. The van der Waals surface area contributed by atoms with E-state index in [4.69, 9.17) is 0 Å². The molecule has 0 aliphatic carbocycles. The second-order valence-corrected chi connectivity index (χ2v) is 15.8. The summed E-state index contributed by atoms with van der Waals surface area (Å²) in [5, 5.41) is 0. The molecule has 3 heteroatoms. The molecular formula is C57H65N3. The summed E-state index contributed by atoms with van der Waals surface area (Å²) in [6.07, 6.45) is 22.0. The molecule has 1 aromatic heterocycles. The molecule has 0 fully saturated rings. The van der Waals surface area contributed by atoms with Crippen LogP contribution >= 0.6 is 0 Å². The number of hydrogen-bond acceptors (Lipinski definition) is 3. The van der Waals surface area contributed by atoms with Gasteiger partial charge in [-0.05, 0) is 118 Å². The minimum Gasteiger partial charge on any atom is -0.372 e. The van der Waals surface area contributed by atoms with Crippen LogP contribution in [0.3, 0.4) is 0 Å². The van der Waals surface area contributed by atoms with Crippen molar-refractivity contribution in [3.8, 4) is 0 Å². The Balaban J connectivity index is 1.50. The van der Waals surface area contributed by atoms with Crippen molar-refractivity contribution >= 4 is 46.8 Å². The van der Waals surface area contributed by atoms with Crippen molar-refractivity contribution in [1.29, 1.82) is 0 Å². The Morgan fingerprint density at radius 1 is 0.367 bits per heavy atom. The van der Waals surface area contributed by atoms with Crippen molar-refractivity contribution in [1.82, 2.24) is 4.98 Å². The summed E-state index contributed by atoms with van der Waals surface area (Å²) in [6.45, 7) is 13.5. The smallest absolute Gasteiger partial charge is 0.0366 e. The van der Waals surface area contributed by atoms with Gasteiger partial charge in [-0.2, -0.15) is 0 Å². The molecule has 0 aliphatic rings. The van der Waals surface area contributed by atoms with Gasteiger partial charge in [0, 0.05) is 49.9 Å². The third-order valence-electron chi connectivity index (χ3n) is 11.3. The molecule has 0 spiro atoms. The zero-order chi connectivity index (χ0) is 41.8. The predicted molar refractivity (Wildman–Crippen MR) is 263 cm³/mol. The minimum atomic E-state index is 1.09. The number of anilines is 2. The van der Waals surface area contributed by atoms with Crippen molar-refractivity contribution < 1.29 is 0 Å². The van der Waals surface area contributed by atoms with Crippen molar-refractivity contribution in [2.24, 2.45) is 0 Å². The Bertz CT molecular complexity index is 2040. The normalized spacial score (nSPS) is 11.3. The van der Waals surface area contributed by atoms with Crippen LogP contribution in [-0.4, -0.2) is 31.2 Å². The fraction of sp³-hybridized carbons (Fsp3) is 0.281. The highest BCUT2D eigenvalue weighted by Gasteiger charge is 2.18. The van der Waals surface area contributed by atoms with E-state index in [-0.39, 0.29) is 0 Å². The van der Waals surface area contributed by atoms with Crippen LogP contribution in [0, 0.1) is 0 Å². The highest BCUT2D eigenvalue weighted by molar-refractivity contribution is 6.05. The maximum absolute atomic E-state index is 4.18. The van der Waals surface area contributed by atoms with Gasteiger partial charge in [0.1, 0.15) is 0 Å². The maximum atomic E-state index is 4.18. The molecule has 0 saturated carbocycles. The summed E-state index contributed by atoms with van der Waals surface area (Å²) in [6, 6.07) is 51.6. The molecule has 0 saturated heterocycles. The Morgan fingerprint density at radius 3 is 1.00 bits per heavy atom. The number of hydrogen-bond donors (Lipinski definition) is 0. The molecule has 3 nitrogen and oxygen atoms in total. The van der Waals surface area contributed by atoms with Gasteiger partial charge in [0.05, 0.1) is 0 Å². The SMILES string of the molecule is CCCCN(CCCC)c1ccc(C(=C(c2ccc(/C=C/c3ccccc3)cc2)c2ccc(/C=C/c3ccncc3)cc2)c2ccc(N(CCCC)CCCC)cc2)cc1. The molecule has 6 aromatic rings. The molecule has 1 heterocycles. The van der Waals surface area contributed by atoms with Gasteiger partial charge in [-0.3, -0.25) is 4.98 Å². The topological polar surface area (TPSA) is 19.4 Å². The Hall–Kier alpha value is -5.93. The van der Waals surface area contributed by atoms with Crippen LogP contribution < -0.4 is 9.80 Å². The Morgan fingerprint density at radius 2 is 0.667 bits per heavy atom. The van der Waals surface area contributed by atoms with Crippen molar-refractivity contribution in [2.75, 3.05) is 36.0 Å². The third kappa shape index (κ3) is 12.5. The van der Waals surface area contributed by atoms with E-state index < -0.39 is 0 Å². The zero-order valence-corrected chi connectivity index (χ0v) is 36.6. The summed E-state index contributed by atoms with van der Waals surface area (Å²) in [4.78, 5) is 9.34. The van der Waals surface area contributed by atoms with Crippen molar-refractivity contribution in [2.45, 2.75) is 79.1 Å². The molecule has 0 bridgehead atoms. The molecule has 308 valence electrons. The number of benzene rings is 5. The fourth-order valence-electron chi connectivity index (χ4n) is 7.67. The molecule has 6 rings (SSSR count). The van der Waals surface area contributed by atoms with Crippen molar-refractivity contribution in [3.63, 3.8) is 0 Å². The molecule has 0 radical (unpaired) electrons. The number of aromatic nitrogens is 1. The summed E-state index contributed by atoms with van der Waals surface area (Å²) in [7, 11) is 0. The van der Waals surface area contributed by atoms with Gasteiger partial charge in [-0.15, -0.1) is 0 Å². The first kappa shape index (κ1) is 43.6. The average molecular weight is 792 g/mol. The van der Waals surface area contributed by atoms with Crippen LogP contribution in [0.2, 0.25) is 0 Å². The third-order valence-corrected chi connectivity index (χ3v) is 11.3. The fourth-order valence-corrected chi connectivity index (χ4v) is 7.67. The molecule has 0 atom stereocenters.